The first-order chi connectivity index (χ1) is 7.31. The number of hydrogen-bond donors (Lipinski definition) is 1. The Balaban J connectivity index is 2.28. The van der Waals surface area contributed by atoms with Crippen LogP contribution >= 0.6 is 15.9 Å². The first kappa shape index (κ1) is 10.1. The van der Waals surface area contributed by atoms with E-state index in [9.17, 15) is 4.79 Å². The van der Waals surface area contributed by atoms with E-state index in [2.05, 4.69) is 25.9 Å². The number of nitrogens with one attached hydrogen (secondary N) is 1. The van der Waals surface area contributed by atoms with Gasteiger partial charge in [0.1, 0.15) is 12.1 Å². The van der Waals surface area contributed by atoms with E-state index in [0.29, 0.717) is 0 Å². The van der Waals surface area contributed by atoms with Crippen molar-refractivity contribution in [3.8, 4) is 11.4 Å². The number of nitrogens with zero attached hydrogens (tertiary/aromatic N) is 1. The summed E-state index contributed by atoms with van der Waals surface area (Å²) in [6, 6.07) is 7.69. The monoisotopic (exact) mass is 264 g/mol. The first-order valence-electron chi connectivity index (χ1n) is 4.50. The summed E-state index contributed by atoms with van der Waals surface area (Å²) >= 11 is 3.27. The lowest BCUT2D eigenvalue weighted by Gasteiger charge is -2.03. The van der Waals surface area contributed by atoms with E-state index in [1.54, 1.807) is 12.4 Å². The zero-order chi connectivity index (χ0) is 10.7. The van der Waals surface area contributed by atoms with Crippen molar-refractivity contribution in [3.63, 3.8) is 0 Å². The summed E-state index contributed by atoms with van der Waals surface area (Å²) < 4.78 is 0. The van der Waals surface area contributed by atoms with Gasteiger partial charge in [-0.3, -0.25) is 0 Å². The molecule has 0 amide bonds. The highest BCUT2D eigenvalue weighted by Gasteiger charge is 2.05. The predicted molar refractivity (Wildman–Crippen MR) is 61.8 cm³/mol. The lowest BCUT2D eigenvalue weighted by atomic mass is 10.1. The molecule has 0 aliphatic rings. The maximum atomic E-state index is 10.6. The molecule has 0 saturated carbocycles. The van der Waals surface area contributed by atoms with Crippen LogP contribution in [0.2, 0.25) is 0 Å². The summed E-state index contributed by atoms with van der Waals surface area (Å²) in [5.74, 6) is 0.832. The van der Waals surface area contributed by atoms with Gasteiger partial charge in [-0.1, -0.05) is 40.2 Å². The molecule has 1 aromatic carbocycles. The number of halogens is 1. The average molecular weight is 265 g/mol. The minimum atomic E-state index is -0.233. The average Bonchev–Trinajstić information content (AvgIpc) is 2.82. The van der Waals surface area contributed by atoms with Crippen molar-refractivity contribution in [1.82, 2.24) is 9.97 Å². The summed E-state index contributed by atoms with van der Waals surface area (Å²) in [6.45, 7) is 0. The fraction of sp³-hybridized carbons (Fsp3) is 0.0909. The van der Waals surface area contributed by atoms with Gasteiger partial charge in [-0.15, -0.1) is 0 Å². The van der Waals surface area contributed by atoms with E-state index in [1.807, 2.05) is 24.3 Å². The number of aldehydes is 1. The molecule has 1 heterocycles. The van der Waals surface area contributed by atoms with Crippen molar-refractivity contribution in [1.29, 1.82) is 0 Å². The molecule has 0 aliphatic carbocycles. The molecule has 0 spiro atoms. The molecular weight excluding hydrogens is 256 g/mol. The van der Waals surface area contributed by atoms with Crippen LogP contribution < -0.4 is 0 Å². The van der Waals surface area contributed by atoms with Crippen LogP contribution in [0.4, 0.5) is 0 Å². The third kappa shape index (κ3) is 2.15. The Morgan fingerprint density at radius 1 is 1.33 bits per heavy atom. The molecule has 2 aromatic rings. The highest BCUT2D eigenvalue weighted by molar-refractivity contribution is 9.09. The fourth-order valence-corrected chi connectivity index (χ4v) is 1.63. The molecule has 1 aromatic heterocycles. The Morgan fingerprint density at radius 3 is 2.60 bits per heavy atom. The van der Waals surface area contributed by atoms with Crippen molar-refractivity contribution in [2.24, 2.45) is 0 Å². The van der Waals surface area contributed by atoms with Gasteiger partial charge in [0.25, 0.3) is 0 Å². The predicted octanol–water partition coefficient (Wildman–Crippen LogP) is 2.71. The van der Waals surface area contributed by atoms with E-state index >= 15 is 0 Å². The Hall–Kier alpha value is -1.42. The molecule has 0 radical (unpaired) electrons. The number of H-pyrrole nitrogens is 1. The minimum Gasteiger partial charge on any atom is -0.345 e. The van der Waals surface area contributed by atoms with Crippen molar-refractivity contribution >= 4 is 22.2 Å². The topological polar surface area (TPSA) is 45.8 Å². The molecule has 1 atom stereocenters. The van der Waals surface area contributed by atoms with Gasteiger partial charge >= 0.3 is 0 Å². The van der Waals surface area contributed by atoms with Crippen molar-refractivity contribution in [2.45, 2.75) is 4.83 Å². The van der Waals surface area contributed by atoms with Crippen molar-refractivity contribution < 1.29 is 4.79 Å². The molecule has 0 bridgehead atoms. The molecule has 1 unspecified atom stereocenters. The number of rotatable bonds is 3. The molecular formula is C11H9BrN2O. The highest BCUT2D eigenvalue weighted by atomic mass is 79.9. The molecule has 4 heteroatoms. The minimum absolute atomic E-state index is 0.233. The number of aromatic nitrogens is 2. The Bertz CT molecular complexity index is 436. The summed E-state index contributed by atoms with van der Waals surface area (Å²) in [6.07, 6.45) is 4.35. The van der Waals surface area contributed by atoms with E-state index in [4.69, 9.17) is 0 Å². The number of hydrogen-bond acceptors (Lipinski definition) is 2. The first-order valence-corrected chi connectivity index (χ1v) is 5.42. The van der Waals surface area contributed by atoms with Gasteiger partial charge in [0, 0.05) is 18.0 Å². The van der Waals surface area contributed by atoms with Gasteiger partial charge in [0.15, 0.2) is 0 Å². The largest absolute Gasteiger partial charge is 0.345 e. The van der Waals surface area contributed by atoms with E-state index in [0.717, 1.165) is 23.2 Å². The molecule has 15 heavy (non-hydrogen) atoms. The summed E-state index contributed by atoms with van der Waals surface area (Å²) in [5, 5.41) is 0. The van der Waals surface area contributed by atoms with Gasteiger partial charge in [-0.05, 0) is 5.56 Å². The second-order valence-corrected chi connectivity index (χ2v) is 4.08. The molecule has 1 N–H and O–H groups in total. The van der Waals surface area contributed by atoms with Gasteiger partial charge < -0.3 is 9.78 Å². The van der Waals surface area contributed by atoms with Crippen LogP contribution in [-0.4, -0.2) is 16.3 Å². The van der Waals surface area contributed by atoms with Crippen molar-refractivity contribution in [3.05, 3.63) is 42.2 Å². The normalized spacial score (nSPS) is 12.3. The molecule has 0 saturated heterocycles. The van der Waals surface area contributed by atoms with E-state index in [1.165, 1.54) is 0 Å². The maximum absolute atomic E-state index is 10.6. The lowest BCUT2D eigenvalue weighted by Crippen LogP contribution is -1.90. The van der Waals surface area contributed by atoms with Gasteiger partial charge in [0.2, 0.25) is 0 Å². The molecule has 0 fully saturated rings. The van der Waals surface area contributed by atoms with Crippen LogP contribution in [0.1, 0.15) is 10.4 Å². The second kappa shape index (κ2) is 4.40. The van der Waals surface area contributed by atoms with Crippen LogP contribution in [0.5, 0.6) is 0 Å². The molecule has 0 aliphatic heterocycles. The van der Waals surface area contributed by atoms with Crippen LogP contribution in [0.3, 0.4) is 0 Å². The van der Waals surface area contributed by atoms with Crippen LogP contribution in [0, 0.1) is 0 Å². The van der Waals surface area contributed by atoms with Crippen LogP contribution in [-0.2, 0) is 4.79 Å². The quantitative estimate of drug-likeness (QED) is 0.685. The summed E-state index contributed by atoms with van der Waals surface area (Å²) in [5.41, 5.74) is 1.95. The third-order valence-electron chi connectivity index (χ3n) is 2.12. The van der Waals surface area contributed by atoms with Crippen molar-refractivity contribution in [2.75, 3.05) is 0 Å². The van der Waals surface area contributed by atoms with E-state index < -0.39 is 0 Å². The standard InChI is InChI=1S/C11H9BrN2O/c12-10(7-15)8-1-3-9(4-2-8)11-13-5-6-14-11/h1-7,10H,(H,13,14). The fourth-order valence-electron chi connectivity index (χ4n) is 1.33. The Labute approximate surface area is 95.7 Å². The summed E-state index contributed by atoms with van der Waals surface area (Å²) in [7, 11) is 0. The third-order valence-corrected chi connectivity index (χ3v) is 2.86. The maximum Gasteiger partial charge on any atom is 0.138 e. The Morgan fingerprint density at radius 2 is 2.07 bits per heavy atom. The number of carbonyl (C=O) groups is 1. The Kier molecular flexibility index (Phi) is 2.97. The number of benzene rings is 1. The van der Waals surface area contributed by atoms with E-state index in [-0.39, 0.29) is 4.83 Å². The number of aromatic amines is 1. The SMILES string of the molecule is O=CC(Br)c1ccc(-c2ncc[nH]2)cc1. The molecule has 2 rings (SSSR count). The van der Waals surface area contributed by atoms with Gasteiger partial charge in [-0.2, -0.15) is 0 Å². The number of alkyl halides is 1. The zero-order valence-corrected chi connectivity index (χ0v) is 9.44. The smallest absolute Gasteiger partial charge is 0.138 e. The number of carbonyl (C=O) groups excluding carboxylic acids is 1. The second-order valence-electron chi connectivity index (χ2n) is 3.10. The lowest BCUT2D eigenvalue weighted by molar-refractivity contribution is -0.107. The number of imidazole rings is 1. The highest BCUT2D eigenvalue weighted by Crippen LogP contribution is 2.22. The van der Waals surface area contributed by atoms with Crippen LogP contribution in [0.15, 0.2) is 36.7 Å². The van der Waals surface area contributed by atoms with Gasteiger partial charge in [0.05, 0.1) is 4.83 Å². The molecule has 3 nitrogen and oxygen atoms in total. The molecule has 76 valence electrons. The van der Waals surface area contributed by atoms with Crippen LogP contribution in [0.25, 0.3) is 11.4 Å². The van der Waals surface area contributed by atoms with Gasteiger partial charge in [-0.25, -0.2) is 4.98 Å². The zero-order valence-electron chi connectivity index (χ0n) is 7.85. The summed E-state index contributed by atoms with van der Waals surface area (Å²) in [4.78, 5) is 17.5.